The molecule has 14 heteroatoms. The van der Waals surface area contributed by atoms with Crippen LogP contribution in [-0.2, 0) is 12.7 Å². The van der Waals surface area contributed by atoms with Crippen LogP contribution in [0.3, 0.4) is 0 Å². The third-order valence-electron chi connectivity index (χ3n) is 8.18. The number of benzene rings is 1. The van der Waals surface area contributed by atoms with E-state index >= 15 is 0 Å². The predicted molar refractivity (Wildman–Crippen MR) is 165 cm³/mol. The lowest BCUT2D eigenvalue weighted by molar-refractivity contribution is -0.140. The lowest BCUT2D eigenvalue weighted by Gasteiger charge is -2.15. The average Bonchev–Trinajstić information content (AvgIpc) is 4.00. The minimum Gasteiger partial charge on any atom is -0.480 e. The van der Waals surface area contributed by atoms with E-state index in [9.17, 15) is 18.0 Å². The highest BCUT2D eigenvalue weighted by atomic mass is 19.4. The maximum absolute atomic E-state index is 14.0. The van der Waals surface area contributed by atoms with Crippen LogP contribution in [0, 0.1) is 0 Å². The number of rotatable bonds is 9. The van der Waals surface area contributed by atoms with Crippen LogP contribution in [0.15, 0.2) is 60.0 Å². The zero-order valence-electron chi connectivity index (χ0n) is 25.0. The number of fused-ring (bicyclic) bond motifs is 1. The molecule has 7 rings (SSSR count). The van der Waals surface area contributed by atoms with Crippen molar-refractivity contribution in [2.24, 2.45) is 5.73 Å². The summed E-state index contributed by atoms with van der Waals surface area (Å²) in [4.78, 5) is 36.1. The highest BCUT2D eigenvalue weighted by Gasteiger charge is 2.37. The standard InChI is InChI=1S/C32H30F3N9O2/c1-37-13-23(36)22-11-20-12-38-27(25-26(18-7-8-18)39-16-40-30(25)46-2)42-29(20)44(31(22)45)14-17-3-5-19(6-4-17)28-41-24(32(33,34)35)15-43(28)21-9-10-21/h3-6,11-13,15-16,18,21,37H,7-10,14,36H2,1-2H3/b23-13-. The Kier molecular flexibility index (Phi) is 7.21. The Morgan fingerprint density at radius 1 is 1.11 bits per heavy atom. The number of nitrogens with one attached hydrogen (secondary N) is 1. The van der Waals surface area contributed by atoms with Crippen molar-refractivity contribution in [2.45, 2.75) is 50.4 Å². The van der Waals surface area contributed by atoms with Gasteiger partial charge in [-0.15, -0.1) is 0 Å². The fraction of sp³-hybridized carbons (Fsp3) is 0.312. The van der Waals surface area contributed by atoms with Crippen molar-refractivity contribution in [3.05, 3.63) is 88.1 Å². The third kappa shape index (κ3) is 5.43. The summed E-state index contributed by atoms with van der Waals surface area (Å²) in [5.74, 6) is 1.19. The zero-order valence-corrected chi connectivity index (χ0v) is 25.0. The van der Waals surface area contributed by atoms with E-state index in [2.05, 4.69) is 25.3 Å². The summed E-state index contributed by atoms with van der Waals surface area (Å²) >= 11 is 0. The monoisotopic (exact) mass is 629 g/mol. The van der Waals surface area contributed by atoms with Crippen LogP contribution >= 0.6 is 0 Å². The molecule has 0 spiro atoms. The van der Waals surface area contributed by atoms with Crippen molar-refractivity contribution < 1.29 is 17.9 Å². The van der Waals surface area contributed by atoms with E-state index in [0.717, 1.165) is 43.1 Å². The molecule has 46 heavy (non-hydrogen) atoms. The number of halogens is 3. The van der Waals surface area contributed by atoms with Gasteiger partial charge in [-0.3, -0.25) is 9.36 Å². The van der Waals surface area contributed by atoms with Crippen LogP contribution in [0.1, 0.15) is 60.2 Å². The number of hydrogen-bond donors (Lipinski definition) is 2. The number of nitrogens with zero attached hydrogens (tertiary/aromatic N) is 7. The maximum Gasteiger partial charge on any atom is 0.434 e. The van der Waals surface area contributed by atoms with Crippen LogP contribution in [0.5, 0.6) is 5.88 Å². The first-order valence-electron chi connectivity index (χ1n) is 14.8. The number of imidazole rings is 1. The minimum atomic E-state index is -4.54. The van der Waals surface area contributed by atoms with Crippen molar-refractivity contribution in [1.82, 2.24) is 39.4 Å². The Balaban J connectivity index is 1.32. The normalized spacial score (nSPS) is 15.4. The Morgan fingerprint density at radius 3 is 2.52 bits per heavy atom. The second kappa shape index (κ2) is 11.3. The second-order valence-corrected chi connectivity index (χ2v) is 11.5. The number of pyridine rings is 1. The summed E-state index contributed by atoms with van der Waals surface area (Å²) in [5.41, 5.74) is 8.50. The van der Waals surface area contributed by atoms with Crippen LogP contribution in [0.4, 0.5) is 13.2 Å². The van der Waals surface area contributed by atoms with E-state index in [1.807, 2.05) is 0 Å². The van der Waals surface area contributed by atoms with Gasteiger partial charge in [-0.1, -0.05) is 24.3 Å². The Bertz CT molecular complexity index is 2040. The van der Waals surface area contributed by atoms with Gasteiger partial charge in [0.2, 0.25) is 5.88 Å². The SMILES string of the molecule is CN/C=C(\N)c1cc2cnc(-c3c(OC)ncnc3C3CC3)nc2n(Cc2ccc(-c3nc(C(F)(F)F)cn3C3CC3)cc2)c1=O. The summed E-state index contributed by atoms with van der Waals surface area (Å²) in [5, 5.41) is 3.43. The van der Waals surface area contributed by atoms with Crippen LogP contribution in [0.25, 0.3) is 39.5 Å². The molecule has 11 nitrogen and oxygen atoms in total. The molecule has 0 aliphatic heterocycles. The van der Waals surface area contributed by atoms with Gasteiger partial charge in [-0.2, -0.15) is 13.2 Å². The molecule has 5 aromatic rings. The van der Waals surface area contributed by atoms with E-state index in [4.69, 9.17) is 15.5 Å². The number of hydrogen-bond acceptors (Lipinski definition) is 9. The molecule has 1 aromatic carbocycles. The summed E-state index contributed by atoms with van der Waals surface area (Å²) in [6.45, 7) is 0.107. The van der Waals surface area contributed by atoms with Crippen LogP contribution in [0.2, 0.25) is 0 Å². The van der Waals surface area contributed by atoms with Gasteiger partial charge in [0.1, 0.15) is 23.4 Å². The lowest BCUT2D eigenvalue weighted by Crippen LogP contribution is -2.27. The topological polar surface area (TPSA) is 139 Å². The molecule has 2 saturated carbocycles. The smallest absolute Gasteiger partial charge is 0.434 e. The second-order valence-electron chi connectivity index (χ2n) is 11.5. The fourth-order valence-electron chi connectivity index (χ4n) is 5.60. The van der Waals surface area contributed by atoms with Crippen molar-refractivity contribution in [1.29, 1.82) is 0 Å². The van der Waals surface area contributed by atoms with Gasteiger partial charge in [0.15, 0.2) is 11.5 Å². The number of alkyl halides is 3. The largest absolute Gasteiger partial charge is 0.480 e. The number of aromatic nitrogens is 7. The van der Waals surface area contributed by atoms with E-state index < -0.39 is 11.9 Å². The first kappa shape index (κ1) is 29.4. The minimum absolute atomic E-state index is 0.00466. The Labute approximate surface area is 261 Å². The highest BCUT2D eigenvalue weighted by molar-refractivity contribution is 5.81. The highest BCUT2D eigenvalue weighted by Crippen LogP contribution is 2.45. The lowest BCUT2D eigenvalue weighted by atomic mass is 10.1. The van der Waals surface area contributed by atoms with Crippen molar-refractivity contribution >= 4 is 16.7 Å². The molecule has 0 unspecified atom stereocenters. The molecule has 2 fully saturated rings. The molecule has 0 saturated heterocycles. The summed E-state index contributed by atoms with van der Waals surface area (Å²) in [6.07, 6.45) is 4.75. The van der Waals surface area contributed by atoms with Crippen molar-refractivity contribution in [3.8, 4) is 28.7 Å². The zero-order chi connectivity index (χ0) is 32.2. The molecule has 2 aliphatic rings. The van der Waals surface area contributed by atoms with Gasteiger partial charge in [-0.05, 0) is 37.3 Å². The molecule has 0 amide bonds. The third-order valence-corrected chi connectivity index (χ3v) is 8.18. The van der Waals surface area contributed by atoms with Gasteiger partial charge >= 0.3 is 6.18 Å². The summed E-state index contributed by atoms with van der Waals surface area (Å²) < 4.78 is 49.1. The molecule has 0 bridgehead atoms. The predicted octanol–water partition coefficient (Wildman–Crippen LogP) is 4.88. The van der Waals surface area contributed by atoms with E-state index in [-0.39, 0.29) is 41.1 Å². The van der Waals surface area contributed by atoms with Gasteiger partial charge in [0.25, 0.3) is 5.56 Å². The average molecular weight is 630 g/mol. The van der Waals surface area contributed by atoms with E-state index in [0.29, 0.717) is 33.9 Å². The first-order chi connectivity index (χ1) is 22.2. The molecule has 2 aliphatic carbocycles. The molecule has 0 atom stereocenters. The molecule has 0 radical (unpaired) electrons. The Hall–Kier alpha value is -5.27. The first-order valence-corrected chi connectivity index (χ1v) is 14.8. The van der Waals surface area contributed by atoms with Crippen molar-refractivity contribution in [3.63, 3.8) is 0 Å². The molecule has 236 valence electrons. The van der Waals surface area contributed by atoms with Crippen LogP contribution < -0.4 is 21.3 Å². The van der Waals surface area contributed by atoms with Gasteiger partial charge in [0.05, 0.1) is 30.6 Å². The molecule has 3 N–H and O–H groups in total. The molecular weight excluding hydrogens is 599 g/mol. The van der Waals surface area contributed by atoms with Gasteiger partial charge in [0, 0.05) is 48.6 Å². The van der Waals surface area contributed by atoms with Crippen LogP contribution in [-0.4, -0.2) is 48.2 Å². The van der Waals surface area contributed by atoms with E-state index in [1.165, 1.54) is 24.2 Å². The molecular formula is C32H30F3N9O2. The summed E-state index contributed by atoms with van der Waals surface area (Å²) in [6, 6.07) is 8.64. The molecule has 4 heterocycles. The molecule has 4 aromatic heterocycles. The number of ether oxygens (including phenoxy) is 1. The number of methoxy groups -OCH3 is 1. The fourth-order valence-corrected chi connectivity index (χ4v) is 5.60. The van der Waals surface area contributed by atoms with Gasteiger partial charge in [-0.25, -0.2) is 24.9 Å². The summed E-state index contributed by atoms with van der Waals surface area (Å²) in [7, 11) is 3.20. The number of nitrogens with two attached hydrogens (primary N) is 1. The Morgan fingerprint density at radius 2 is 1.87 bits per heavy atom. The quantitative estimate of drug-likeness (QED) is 0.234. The van der Waals surface area contributed by atoms with Crippen molar-refractivity contribution in [2.75, 3.05) is 14.2 Å². The maximum atomic E-state index is 14.0. The van der Waals surface area contributed by atoms with Gasteiger partial charge < -0.3 is 20.4 Å². The van der Waals surface area contributed by atoms with E-state index in [1.54, 1.807) is 48.1 Å².